The summed E-state index contributed by atoms with van der Waals surface area (Å²) >= 11 is 6.13. The Morgan fingerprint density at radius 3 is 2.86 bits per heavy atom. The summed E-state index contributed by atoms with van der Waals surface area (Å²) in [5.74, 6) is 0.809. The van der Waals surface area contributed by atoms with Gasteiger partial charge in [-0.05, 0) is 23.8 Å². The van der Waals surface area contributed by atoms with Crippen LogP contribution >= 0.6 is 11.6 Å². The van der Waals surface area contributed by atoms with Gasteiger partial charge in [0.05, 0.1) is 17.8 Å². The molecule has 0 aliphatic carbocycles. The predicted molar refractivity (Wildman–Crippen MR) is 84.3 cm³/mol. The molecule has 0 saturated carbocycles. The minimum atomic E-state index is 0.0799. The number of nitrogens with zero attached hydrogens (tertiary/aromatic N) is 1. The molecule has 0 aliphatic rings. The van der Waals surface area contributed by atoms with Crippen molar-refractivity contribution in [2.45, 2.75) is 6.54 Å². The summed E-state index contributed by atoms with van der Waals surface area (Å²) < 4.78 is 5.17. The molecule has 4 N–H and O–H groups in total. The molecule has 0 amide bonds. The molecule has 0 bridgehead atoms. The van der Waals surface area contributed by atoms with Gasteiger partial charge in [0.2, 0.25) is 0 Å². The minimum Gasteiger partial charge on any atom is -0.497 e. The highest BCUT2D eigenvalue weighted by Crippen LogP contribution is 2.27. The van der Waals surface area contributed by atoms with Crippen LogP contribution in [-0.2, 0) is 6.54 Å². The molecule has 2 aromatic rings. The normalized spacial score (nSPS) is 11.2. The molecular formula is C15H16ClN3O2. The Hall–Kier alpha value is -2.40. The number of nitrogens with two attached hydrogens (primary N) is 1. The van der Waals surface area contributed by atoms with Gasteiger partial charge in [0.25, 0.3) is 0 Å². The first-order valence-electron chi connectivity index (χ1n) is 6.28. The number of nitrogens with one attached hydrogen (secondary N) is 1. The molecule has 0 saturated heterocycles. The fourth-order valence-electron chi connectivity index (χ4n) is 1.86. The fourth-order valence-corrected chi connectivity index (χ4v) is 2.05. The second-order valence-corrected chi connectivity index (χ2v) is 4.79. The molecule has 0 spiro atoms. The molecule has 0 fully saturated rings. The fraction of sp³-hybridized carbons (Fsp3) is 0.133. The second kappa shape index (κ2) is 6.85. The molecule has 0 unspecified atom stereocenters. The number of benzene rings is 2. The number of hydrogen-bond acceptors (Lipinski definition) is 4. The van der Waals surface area contributed by atoms with Gasteiger partial charge in [-0.25, -0.2) is 0 Å². The van der Waals surface area contributed by atoms with Crippen molar-refractivity contribution in [1.82, 2.24) is 0 Å². The largest absolute Gasteiger partial charge is 0.497 e. The Morgan fingerprint density at radius 1 is 1.33 bits per heavy atom. The lowest BCUT2D eigenvalue weighted by Gasteiger charge is -2.11. The van der Waals surface area contributed by atoms with Gasteiger partial charge in [-0.3, -0.25) is 0 Å². The first-order chi connectivity index (χ1) is 10.1. The molecule has 5 nitrogen and oxygen atoms in total. The van der Waals surface area contributed by atoms with Gasteiger partial charge < -0.3 is 21.0 Å². The molecule has 0 atom stereocenters. The first kappa shape index (κ1) is 15.0. The quantitative estimate of drug-likeness (QED) is 0.343. The van der Waals surface area contributed by atoms with E-state index in [9.17, 15) is 0 Å². The van der Waals surface area contributed by atoms with Gasteiger partial charge in [-0.15, -0.1) is 0 Å². The summed E-state index contributed by atoms with van der Waals surface area (Å²) in [7, 11) is 1.60. The van der Waals surface area contributed by atoms with Gasteiger partial charge in [-0.1, -0.05) is 35.0 Å². The number of rotatable bonds is 5. The molecule has 6 heteroatoms. The summed E-state index contributed by atoms with van der Waals surface area (Å²) in [6, 6.07) is 12.8. The van der Waals surface area contributed by atoms with Gasteiger partial charge >= 0.3 is 0 Å². The summed E-state index contributed by atoms with van der Waals surface area (Å²) in [6.07, 6.45) is 0. The molecule has 21 heavy (non-hydrogen) atoms. The van der Waals surface area contributed by atoms with E-state index >= 15 is 0 Å². The van der Waals surface area contributed by atoms with Crippen LogP contribution in [-0.4, -0.2) is 18.2 Å². The maximum absolute atomic E-state index is 8.70. The summed E-state index contributed by atoms with van der Waals surface area (Å²) in [4.78, 5) is 0. The van der Waals surface area contributed by atoms with Crippen molar-refractivity contribution in [3.8, 4) is 5.75 Å². The van der Waals surface area contributed by atoms with Gasteiger partial charge in [-0.2, -0.15) is 0 Å². The Bertz CT molecular complexity index is 659. The van der Waals surface area contributed by atoms with Crippen molar-refractivity contribution in [3.63, 3.8) is 0 Å². The van der Waals surface area contributed by atoms with Gasteiger partial charge in [0, 0.05) is 18.2 Å². The average Bonchev–Trinajstić information content (AvgIpc) is 2.53. The lowest BCUT2D eigenvalue weighted by Crippen LogP contribution is -2.13. The molecule has 0 heterocycles. The van der Waals surface area contributed by atoms with Crippen LogP contribution in [0.3, 0.4) is 0 Å². The van der Waals surface area contributed by atoms with Gasteiger partial charge in [0.1, 0.15) is 5.75 Å². The van der Waals surface area contributed by atoms with E-state index in [2.05, 4.69) is 10.5 Å². The Balaban J connectivity index is 2.13. The van der Waals surface area contributed by atoms with E-state index in [4.69, 9.17) is 27.3 Å². The molecule has 0 aliphatic heterocycles. The second-order valence-electron chi connectivity index (χ2n) is 4.38. The van der Waals surface area contributed by atoms with Crippen LogP contribution in [0, 0.1) is 0 Å². The number of anilines is 1. The highest BCUT2D eigenvalue weighted by Gasteiger charge is 2.04. The smallest absolute Gasteiger partial charge is 0.170 e. The molecule has 0 radical (unpaired) electrons. The first-order valence-corrected chi connectivity index (χ1v) is 6.66. The Kier molecular flexibility index (Phi) is 4.90. The van der Waals surface area contributed by atoms with Crippen molar-refractivity contribution in [2.24, 2.45) is 10.9 Å². The number of oxime groups is 1. The highest BCUT2D eigenvalue weighted by atomic mass is 35.5. The van der Waals surface area contributed by atoms with Crippen LogP contribution in [0.4, 0.5) is 5.69 Å². The third kappa shape index (κ3) is 3.79. The van der Waals surface area contributed by atoms with E-state index in [1.54, 1.807) is 25.3 Å². The lowest BCUT2D eigenvalue weighted by molar-refractivity contribution is 0.318. The molecular weight excluding hydrogens is 290 g/mol. The zero-order valence-corrected chi connectivity index (χ0v) is 12.3. The van der Waals surface area contributed by atoms with E-state index < -0.39 is 0 Å². The monoisotopic (exact) mass is 305 g/mol. The van der Waals surface area contributed by atoms with Gasteiger partial charge in [0.15, 0.2) is 5.84 Å². The van der Waals surface area contributed by atoms with Crippen molar-refractivity contribution in [3.05, 3.63) is 58.6 Å². The number of halogens is 1. The van der Waals surface area contributed by atoms with E-state index in [1.807, 2.05) is 24.3 Å². The van der Waals surface area contributed by atoms with Crippen LogP contribution in [0.2, 0.25) is 5.02 Å². The third-order valence-electron chi connectivity index (χ3n) is 2.99. The highest BCUT2D eigenvalue weighted by molar-refractivity contribution is 6.33. The van der Waals surface area contributed by atoms with E-state index in [0.717, 1.165) is 17.0 Å². The third-order valence-corrected chi connectivity index (χ3v) is 3.32. The van der Waals surface area contributed by atoms with Crippen LogP contribution in [0.5, 0.6) is 5.75 Å². The SMILES string of the molecule is COc1ccc(Cl)c(NCc2cccc(C(N)=NO)c2)c1. The minimum absolute atomic E-state index is 0.0799. The lowest BCUT2D eigenvalue weighted by atomic mass is 10.1. The van der Waals surface area contributed by atoms with Crippen molar-refractivity contribution >= 4 is 23.1 Å². The maximum Gasteiger partial charge on any atom is 0.170 e. The van der Waals surface area contributed by atoms with Crippen LogP contribution in [0.15, 0.2) is 47.6 Å². The molecule has 110 valence electrons. The van der Waals surface area contributed by atoms with Crippen LogP contribution in [0.1, 0.15) is 11.1 Å². The number of amidine groups is 1. The number of methoxy groups -OCH3 is 1. The zero-order chi connectivity index (χ0) is 15.2. The molecule has 0 aromatic heterocycles. The number of ether oxygens (including phenoxy) is 1. The van der Waals surface area contributed by atoms with Crippen molar-refractivity contribution in [1.29, 1.82) is 0 Å². The predicted octanol–water partition coefficient (Wildman–Crippen LogP) is 3.06. The summed E-state index contributed by atoms with van der Waals surface area (Å²) in [6.45, 7) is 0.555. The van der Waals surface area contributed by atoms with Crippen LogP contribution in [0.25, 0.3) is 0 Å². The standard InChI is InChI=1S/C15H16ClN3O2/c1-21-12-5-6-13(16)14(8-12)18-9-10-3-2-4-11(7-10)15(17)19-20/h2-8,18,20H,9H2,1H3,(H2,17,19). The van der Waals surface area contributed by atoms with E-state index in [-0.39, 0.29) is 5.84 Å². The van der Waals surface area contributed by atoms with Crippen molar-refractivity contribution in [2.75, 3.05) is 12.4 Å². The number of hydrogen-bond donors (Lipinski definition) is 3. The van der Waals surface area contributed by atoms with E-state index in [1.165, 1.54) is 0 Å². The maximum atomic E-state index is 8.70. The van der Waals surface area contributed by atoms with Crippen LogP contribution < -0.4 is 15.8 Å². The van der Waals surface area contributed by atoms with E-state index in [0.29, 0.717) is 17.1 Å². The summed E-state index contributed by atoms with van der Waals surface area (Å²) in [5.41, 5.74) is 8.00. The molecule has 2 aromatic carbocycles. The average molecular weight is 306 g/mol. The zero-order valence-electron chi connectivity index (χ0n) is 11.5. The Morgan fingerprint density at radius 2 is 2.14 bits per heavy atom. The topological polar surface area (TPSA) is 79.9 Å². The van der Waals surface area contributed by atoms with Crippen molar-refractivity contribution < 1.29 is 9.94 Å². The Labute approximate surface area is 128 Å². The molecule has 2 rings (SSSR count). The summed E-state index contributed by atoms with van der Waals surface area (Å²) in [5, 5.41) is 15.5.